The maximum Gasteiger partial charge on any atom is 0.418 e. The van der Waals surface area contributed by atoms with Crippen LogP contribution in [0.25, 0.3) is 0 Å². The molecular formula is C9H8ClF3N2O. The molecule has 1 amide bonds. The van der Waals surface area contributed by atoms with Crippen LogP contribution in [-0.4, -0.2) is 29.9 Å². The molecule has 0 aliphatic heterocycles. The second-order valence-electron chi connectivity index (χ2n) is 3.25. The molecule has 0 aromatic carbocycles. The Morgan fingerprint density at radius 1 is 1.44 bits per heavy atom. The second kappa shape index (κ2) is 4.29. The van der Waals surface area contributed by atoms with Crippen LogP contribution < -0.4 is 0 Å². The van der Waals surface area contributed by atoms with Crippen molar-refractivity contribution in [3.05, 3.63) is 28.5 Å². The first-order valence-corrected chi connectivity index (χ1v) is 4.55. The molecule has 0 radical (unpaired) electrons. The van der Waals surface area contributed by atoms with Crippen LogP contribution in [-0.2, 0) is 6.18 Å². The highest BCUT2D eigenvalue weighted by atomic mass is 35.5. The van der Waals surface area contributed by atoms with Crippen molar-refractivity contribution in [3.8, 4) is 0 Å². The number of pyridine rings is 1. The molecule has 3 nitrogen and oxygen atoms in total. The first kappa shape index (κ1) is 12.8. The molecule has 0 aliphatic rings. The molecule has 0 saturated carbocycles. The van der Waals surface area contributed by atoms with Crippen LogP contribution in [0.4, 0.5) is 13.2 Å². The van der Waals surface area contributed by atoms with Gasteiger partial charge in [0.15, 0.2) is 0 Å². The van der Waals surface area contributed by atoms with Crippen LogP contribution >= 0.6 is 11.6 Å². The minimum atomic E-state index is -4.63. The third-order valence-electron chi connectivity index (χ3n) is 1.81. The molecular weight excluding hydrogens is 245 g/mol. The monoisotopic (exact) mass is 252 g/mol. The number of carbonyl (C=O) groups excluding carboxylic acids is 1. The van der Waals surface area contributed by atoms with Crippen molar-refractivity contribution in [1.29, 1.82) is 0 Å². The molecule has 0 unspecified atom stereocenters. The molecule has 1 heterocycles. The van der Waals surface area contributed by atoms with Crippen LogP contribution in [0.5, 0.6) is 0 Å². The Labute approximate surface area is 94.8 Å². The summed E-state index contributed by atoms with van der Waals surface area (Å²) in [5.41, 5.74) is -1.59. The molecule has 0 bridgehead atoms. The summed E-state index contributed by atoms with van der Waals surface area (Å²) in [5, 5.41) is -0.154. The van der Waals surface area contributed by atoms with Crippen molar-refractivity contribution in [2.45, 2.75) is 6.18 Å². The standard InChI is InChI=1S/C9H8ClF3N2O/c1-15(2)8(16)5-3-7(10)14-4-6(5)9(11,12)13/h3-4H,1-2H3. The minimum absolute atomic E-state index is 0.154. The van der Waals surface area contributed by atoms with Crippen molar-refractivity contribution < 1.29 is 18.0 Å². The average Bonchev–Trinajstić information content (AvgIpc) is 2.14. The van der Waals surface area contributed by atoms with Gasteiger partial charge in [0.2, 0.25) is 0 Å². The van der Waals surface area contributed by atoms with Crippen molar-refractivity contribution >= 4 is 17.5 Å². The molecule has 1 rings (SSSR count). The summed E-state index contributed by atoms with van der Waals surface area (Å²) in [5.74, 6) is -0.767. The van der Waals surface area contributed by atoms with E-state index in [1.165, 1.54) is 14.1 Å². The van der Waals surface area contributed by atoms with Gasteiger partial charge in [-0.2, -0.15) is 13.2 Å². The first-order chi connectivity index (χ1) is 7.23. The van der Waals surface area contributed by atoms with E-state index in [0.717, 1.165) is 11.0 Å². The second-order valence-corrected chi connectivity index (χ2v) is 3.64. The van der Waals surface area contributed by atoms with Gasteiger partial charge in [-0.3, -0.25) is 4.79 Å². The van der Waals surface area contributed by atoms with Gasteiger partial charge < -0.3 is 4.90 Å². The Balaban J connectivity index is 3.35. The zero-order chi connectivity index (χ0) is 12.5. The van der Waals surface area contributed by atoms with Crippen LogP contribution in [0, 0.1) is 0 Å². The number of hydrogen-bond acceptors (Lipinski definition) is 2. The minimum Gasteiger partial charge on any atom is -0.345 e. The molecule has 7 heteroatoms. The number of carbonyl (C=O) groups is 1. The van der Waals surface area contributed by atoms with E-state index in [4.69, 9.17) is 11.6 Å². The lowest BCUT2D eigenvalue weighted by Crippen LogP contribution is -2.25. The Morgan fingerprint density at radius 2 is 2.00 bits per heavy atom. The van der Waals surface area contributed by atoms with Crippen molar-refractivity contribution in [3.63, 3.8) is 0 Å². The Morgan fingerprint density at radius 3 is 2.44 bits per heavy atom. The highest BCUT2D eigenvalue weighted by Gasteiger charge is 2.36. The summed E-state index contributed by atoms with van der Waals surface area (Å²) >= 11 is 5.47. The van der Waals surface area contributed by atoms with E-state index in [1.807, 2.05) is 0 Å². The molecule has 0 N–H and O–H groups in total. The maximum absolute atomic E-state index is 12.6. The van der Waals surface area contributed by atoms with Crippen LogP contribution in [0.15, 0.2) is 12.3 Å². The van der Waals surface area contributed by atoms with Crippen LogP contribution in [0.1, 0.15) is 15.9 Å². The van der Waals surface area contributed by atoms with E-state index in [2.05, 4.69) is 4.98 Å². The van der Waals surface area contributed by atoms with Gasteiger partial charge in [0.1, 0.15) is 5.15 Å². The van der Waals surface area contributed by atoms with Gasteiger partial charge in [-0.1, -0.05) is 11.6 Å². The molecule has 0 aliphatic carbocycles. The smallest absolute Gasteiger partial charge is 0.345 e. The van der Waals surface area contributed by atoms with Gasteiger partial charge in [0, 0.05) is 20.3 Å². The third-order valence-corrected chi connectivity index (χ3v) is 2.02. The molecule has 88 valence electrons. The Kier molecular flexibility index (Phi) is 3.42. The lowest BCUT2D eigenvalue weighted by molar-refractivity contribution is -0.138. The fraction of sp³-hybridized carbons (Fsp3) is 0.333. The SMILES string of the molecule is CN(C)C(=O)c1cc(Cl)ncc1C(F)(F)F. The summed E-state index contributed by atoms with van der Waals surface area (Å²) < 4.78 is 37.7. The number of rotatable bonds is 1. The zero-order valence-electron chi connectivity index (χ0n) is 8.47. The van der Waals surface area contributed by atoms with E-state index >= 15 is 0 Å². The van der Waals surface area contributed by atoms with E-state index in [1.54, 1.807) is 0 Å². The summed E-state index contributed by atoms with van der Waals surface area (Å²) in [6, 6.07) is 0.909. The number of alkyl halides is 3. The van der Waals surface area contributed by atoms with Crippen LogP contribution in [0.2, 0.25) is 5.15 Å². The van der Waals surface area contributed by atoms with Crippen molar-refractivity contribution in [2.75, 3.05) is 14.1 Å². The highest BCUT2D eigenvalue weighted by molar-refractivity contribution is 6.29. The lowest BCUT2D eigenvalue weighted by Gasteiger charge is -2.15. The van der Waals surface area contributed by atoms with Gasteiger partial charge in [0.25, 0.3) is 5.91 Å². The third kappa shape index (κ3) is 2.63. The number of nitrogens with zero attached hydrogens (tertiary/aromatic N) is 2. The Bertz CT molecular complexity index is 418. The predicted octanol–water partition coefficient (Wildman–Crippen LogP) is 2.46. The van der Waals surface area contributed by atoms with Gasteiger partial charge in [-0.05, 0) is 6.07 Å². The van der Waals surface area contributed by atoms with Gasteiger partial charge in [0.05, 0.1) is 11.1 Å². The molecule has 0 saturated heterocycles. The summed E-state index contributed by atoms with van der Waals surface area (Å²) in [7, 11) is 2.72. The maximum atomic E-state index is 12.6. The number of halogens is 4. The van der Waals surface area contributed by atoms with Crippen molar-refractivity contribution in [2.24, 2.45) is 0 Å². The largest absolute Gasteiger partial charge is 0.418 e. The number of hydrogen-bond donors (Lipinski definition) is 0. The number of aromatic nitrogens is 1. The van der Waals surface area contributed by atoms with E-state index in [9.17, 15) is 18.0 Å². The van der Waals surface area contributed by atoms with E-state index in [0.29, 0.717) is 6.20 Å². The molecule has 16 heavy (non-hydrogen) atoms. The zero-order valence-corrected chi connectivity index (χ0v) is 9.23. The summed E-state index contributed by atoms with van der Waals surface area (Å²) in [4.78, 5) is 15.9. The fourth-order valence-corrected chi connectivity index (χ4v) is 1.23. The van der Waals surface area contributed by atoms with Gasteiger partial charge in [-0.25, -0.2) is 4.98 Å². The molecule has 0 atom stereocenters. The van der Waals surface area contributed by atoms with Gasteiger partial charge >= 0.3 is 6.18 Å². The predicted molar refractivity (Wildman–Crippen MR) is 52.3 cm³/mol. The topological polar surface area (TPSA) is 33.2 Å². The van der Waals surface area contributed by atoms with Gasteiger partial charge in [-0.15, -0.1) is 0 Å². The summed E-state index contributed by atoms with van der Waals surface area (Å²) in [6.07, 6.45) is -4.07. The van der Waals surface area contributed by atoms with Crippen molar-refractivity contribution in [1.82, 2.24) is 9.88 Å². The molecule has 1 aromatic rings. The van der Waals surface area contributed by atoms with Crippen LogP contribution in [0.3, 0.4) is 0 Å². The molecule has 1 aromatic heterocycles. The van der Waals surface area contributed by atoms with E-state index in [-0.39, 0.29) is 5.15 Å². The normalized spacial score (nSPS) is 11.4. The first-order valence-electron chi connectivity index (χ1n) is 4.18. The summed E-state index contributed by atoms with van der Waals surface area (Å²) in [6.45, 7) is 0. The highest BCUT2D eigenvalue weighted by Crippen LogP contribution is 2.32. The Hall–Kier alpha value is -1.30. The fourth-order valence-electron chi connectivity index (χ4n) is 1.07. The number of amides is 1. The quantitative estimate of drug-likeness (QED) is 0.720. The molecule has 0 spiro atoms. The average molecular weight is 253 g/mol. The molecule has 0 fully saturated rings. The van der Waals surface area contributed by atoms with E-state index < -0.39 is 23.2 Å². The lowest BCUT2D eigenvalue weighted by atomic mass is 10.1.